The molecule has 7 rings (SSSR count). The van der Waals surface area contributed by atoms with E-state index in [0.717, 1.165) is 12.0 Å². The number of aryl methyl sites for hydroxylation is 1. The summed E-state index contributed by atoms with van der Waals surface area (Å²) in [6.45, 7) is 1.79. The SMILES string of the molecule is Cc1ccc(N(CN2C(=O)[C@@H]3[C@H]4C=C[C@@H]([C@@H]5C[C@H]45)[C@H]3C2=O)C(=O)c2ccccc2)cc1Cl. The van der Waals surface area contributed by atoms with E-state index in [-0.39, 0.29) is 48.1 Å². The second kappa shape index (κ2) is 7.04. The summed E-state index contributed by atoms with van der Waals surface area (Å²) in [5, 5.41) is 0.531. The number of hydrogen-bond acceptors (Lipinski definition) is 3. The highest BCUT2D eigenvalue weighted by atomic mass is 35.5. The van der Waals surface area contributed by atoms with Gasteiger partial charge in [-0.2, -0.15) is 0 Å². The van der Waals surface area contributed by atoms with Crippen molar-refractivity contribution in [3.8, 4) is 0 Å². The van der Waals surface area contributed by atoms with Crippen molar-refractivity contribution in [1.82, 2.24) is 4.90 Å². The number of carbonyl (C=O) groups is 3. The third kappa shape index (κ3) is 2.80. The largest absolute Gasteiger partial charge is 0.289 e. The van der Waals surface area contributed by atoms with E-state index < -0.39 is 0 Å². The van der Waals surface area contributed by atoms with Gasteiger partial charge >= 0.3 is 0 Å². The van der Waals surface area contributed by atoms with Crippen LogP contribution in [0.4, 0.5) is 5.69 Å². The summed E-state index contributed by atoms with van der Waals surface area (Å²) < 4.78 is 0. The molecule has 2 aromatic rings. The van der Waals surface area contributed by atoms with Gasteiger partial charge in [0.25, 0.3) is 5.91 Å². The minimum Gasteiger partial charge on any atom is -0.289 e. The van der Waals surface area contributed by atoms with E-state index in [4.69, 9.17) is 11.6 Å². The molecular weight excluding hydrogens is 424 g/mol. The van der Waals surface area contributed by atoms with Crippen molar-refractivity contribution in [2.75, 3.05) is 11.6 Å². The van der Waals surface area contributed by atoms with Gasteiger partial charge in [0.1, 0.15) is 6.67 Å². The number of benzene rings is 2. The molecule has 3 amide bonds. The third-order valence-electron chi connectivity index (χ3n) is 7.77. The molecule has 0 aromatic heterocycles. The van der Waals surface area contributed by atoms with Gasteiger partial charge < -0.3 is 0 Å². The summed E-state index contributed by atoms with van der Waals surface area (Å²) in [4.78, 5) is 43.2. The number of halogens is 1. The van der Waals surface area contributed by atoms with Gasteiger partial charge in [-0.15, -0.1) is 0 Å². The van der Waals surface area contributed by atoms with Crippen LogP contribution >= 0.6 is 11.6 Å². The average molecular weight is 447 g/mol. The van der Waals surface area contributed by atoms with Crippen LogP contribution in [0.15, 0.2) is 60.7 Å². The number of carbonyl (C=O) groups excluding carboxylic acids is 3. The number of allylic oxidation sites excluding steroid dienone is 2. The molecule has 4 aliphatic carbocycles. The van der Waals surface area contributed by atoms with Crippen LogP contribution < -0.4 is 4.90 Å². The van der Waals surface area contributed by atoms with Crippen LogP contribution in [-0.4, -0.2) is 29.3 Å². The van der Waals surface area contributed by atoms with Crippen molar-refractivity contribution in [3.63, 3.8) is 0 Å². The van der Waals surface area contributed by atoms with E-state index in [1.807, 2.05) is 19.1 Å². The number of nitrogens with zero attached hydrogens (tertiary/aromatic N) is 2. The maximum absolute atomic E-state index is 13.5. The van der Waals surface area contributed by atoms with E-state index in [0.29, 0.717) is 28.1 Å². The second-order valence-electron chi connectivity index (χ2n) is 9.43. The van der Waals surface area contributed by atoms with Crippen molar-refractivity contribution >= 4 is 35.0 Å². The molecule has 3 fully saturated rings. The number of likely N-dealkylation sites (tertiary alicyclic amines) is 1. The maximum atomic E-state index is 13.5. The molecule has 1 heterocycles. The monoisotopic (exact) mass is 446 g/mol. The molecule has 1 aliphatic heterocycles. The van der Waals surface area contributed by atoms with E-state index in [9.17, 15) is 14.4 Å². The summed E-state index contributed by atoms with van der Waals surface area (Å²) in [7, 11) is 0. The van der Waals surface area contributed by atoms with E-state index in [1.54, 1.807) is 36.4 Å². The van der Waals surface area contributed by atoms with Crippen molar-refractivity contribution in [1.29, 1.82) is 0 Å². The van der Waals surface area contributed by atoms with Gasteiger partial charge in [-0.25, -0.2) is 0 Å². The Balaban J connectivity index is 1.35. The predicted octanol–water partition coefficient (Wildman–Crippen LogP) is 4.31. The first-order valence-electron chi connectivity index (χ1n) is 11.1. The minimum atomic E-state index is -0.281. The fourth-order valence-corrected chi connectivity index (χ4v) is 6.22. The van der Waals surface area contributed by atoms with Crippen LogP contribution in [0.1, 0.15) is 22.3 Å². The molecule has 32 heavy (non-hydrogen) atoms. The summed E-state index contributed by atoms with van der Waals surface area (Å²) in [5.41, 5.74) is 1.95. The zero-order valence-corrected chi connectivity index (χ0v) is 18.4. The number of imide groups is 1. The lowest BCUT2D eigenvalue weighted by Crippen LogP contribution is -2.45. The van der Waals surface area contributed by atoms with Crippen molar-refractivity contribution < 1.29 is 14.4 Å². The molecule has 2 saturated carbocycles. The Morgan fingerprint density at radius 3 is 2.22 bits per heavy atom. The Morgan fingerprint density at radius 1 is 1.00 bits per heavy atom. The van der Waals surface area contributed by atoms with Crippen molar-refractivity contribution in [3.05, 3.63) is 76.8 Å². The fraction of sp³-hybridized carbons (Fsp3) is 0.346. The van der Waals surface area contributed by atoms with Crippen LogP contribution in [0.25, 0.3) is 0 Å². The Bertz CT molecular complexity index is 1140. The van der Waals surface area contributed by atoms with Crippen LogP contribution in [0.5, 0.6) is 0 Å². The number of anilines is 1. The Hall–Kier alpha value is -2.92. The zero-order valence-electron chi connectivity index (χ0n) is 17.6. The first kappa shape index (κ1) is 19.7. The van der Waals surface area contributed by atoms with Gasteiger partial charge in [0.15, 0.2) is 0 Å². The highest BCUT2D eigenvalue weighted by Gasteiger charge is 2.67. The molecule has 5 aliphatic rings. The maximum Gasteiger partial charge on any atom is 0.259 e. The summed E-state index contributed by atoms with van der Waals surface area (Å²) >= 11 is 6.36. The van der Waals surface area contributed by atoms with Gasteiger partial charge in [-0.05, 0) is 66.8 Å². The Labute approximate surface area is 191 Å². The minimum absolute atomic E-state index is 0.105. The van der Waals surface area contributed by atoms with E-state index in [2.05, 4.69) is 12.2 Å². The molecule has 6 heteroatoms. The van der Waals surface area contributed by atoms with Gasteiger partial charge in [0, 0.05) is 16.3 Å². The van der Waals surface area contributed by atoms with Crippen LogP contribution in [-0.2, 0) is 9.59 Å². The van der Waals surface area contributed by atoms with E-state index in [1.165, 1.54) is 9.80 Å². The lowest BCUT2D eigenvalue weighted by Gasteiger charge is -2.37. The average Bonchev–Trinajstić information content (AvgIpc) is 3.59. The van der Waals surface area contributed by atoms with Crippen molar-refractivity contribution in [2.24, 2.45) is 35.5 Å². The summed E-state index contributed by atoms with van der Waals surface area (Å²) in [6.07, 6.45) is 5.43. The molecule has 5 nitrogen and oxygen atoms in total. The third-order valence-corrected chi connectivity index (χ3v) is 8.18. The lowest BCUT2D eigenvalue weighted by molar-refractivity contribution is -0.140. The lowest BCUT2D eigenvalue weighted by atomic mass is 9.63. The molecule has 2 bridgehead atoms. The molecular formula is C26H23ClN2O3. The molecule has 0 radical (unpaired) electrons. The van der Waals surface area contributed by atoms with Gasteiger partial charge in [0.2, 0.25) is 11.8 Å². The quantitative estimate of drug-likeness (QED) is 0.519. The highest BCUT2D eigenvalue weighted by Crippen LogP contribution is 2.65. The number of amides is 3. The van der Waals surface area contributed by atoms with Crippen LogP contribution in [0.2, 0.25) is 5.02 Å². The number of rotatable bonds is 4. The molecule has 1 saturated heterocycles. The predicted molar refractivity (Wildman–Crippen MR) is 121 cm³/mol. The zero-order chi connectivity index (χ0) is 22.1. The molecule has 6 atom stereocenters. The van der Waals surface area contributed by atoms with Crippen molar-refractivity contribution in [2.45, 2.75) is 13.3 Å². The molecule has 0 N–H and O–H groups in total. The summed E-state index contributed by atoms with van der Waals surface area (Å²) in [6, 6.07) is 14.3. The highest BCUT2D eigenvalue weighted by molar-refractivity contribution is 6.31. The Kier molecular flexibility index (Phi) is 4.34. The Morgan fingerprint density at radius 2 is 1.62 bits per heavy atom. The molecule has 162 valence electrons. The molecule has 0 unspecified atom stereocenters. The van der Waals surface area contributed by atoms with E-state index >= 15 is 0 Å². The van der Waals surface area contributed by atoms with Crippen LogP contribution in [0, 0.1) is 42.4 Å². The van der Waals surface area contributed by atoms with Gasteiger partial charge in [-0.1, -0.05) is 48.0 Å². The standard InChI is InChI=1S/C26H23ClN2O3/c1-14-7-8-16(11-21(14)27)28(24(30)15-5-3-2-4-6-15)13-29-25(31)22-17-9-10-18(20-12-19(17)20)23(22)26(29)32/h2-11,17-20,22-23H,12-13H2,1H3/t17-,18-,19-,20+,22+,23+/m0/s1. The first-order chi connectivity index (χ1) is 15.5. The fourth-order valence-electron chi connectivity index (χ4n) is 6.05. The summed E-state index contributed by atoms with van der Waals surface area (Å²) in [5.74, 6) is 0.273. The van der Waals surface area contributed by atoms with Gasteiger partial charge in [-0.3, -0.25) is 24.2 Å². The van der Waals surface area contributed by atoms with Gasteiger partial charge in [0.05, 0.1) is 11.8 Å². The molecule has 2 aromatic carbocycles. The normalized spacial score (nSPS) is 31.5. The first-order valence-corrected chi connectivity index (χ1v) is 11.5. The second-order valence-corrected chi connectivity index (χ2v) is 9.84. The smallest absolute Gasteiger partial charge is 0.259 e. The topological polar surface area (TPSA) is 57.7 Å². The number of hydrogen-bond donors (Lipinski definition) is 0. The molecule has 0 spiro atoms. The van der Waals surface area contributed by atoms with Crippen LogP contribution in [0.3, 0.4) is 0 Å².